The van der Waals surface area contributed by atoms with Crippen LogP contribution in [0, 0.1) is 5.82 Å². The van der Waals surface area contributed by atoms with Crippen LogP contribution in [-0.2, 0) is 13.1 Å². The second kappa shape index (κ2) is 8.05. The van der Waals surface area contributed by atoms with E-state index in [4.69, 9.17) is 0 Å². The van der Waals surface area contributed by atoms with Crippen LogP contribution in [-0.4, -0.2) is 35.8 Å². The van der Waals surface area contributed by atoms with Crippen molar-refractivity contribution in [3.8, 4) is 0 Å². The third kappa shape index (κ3) is 4.05. The van der Waals surface area contributed by atoms with Crippen LogP contribution >= 0.6 is 0 Å². The van der Waals surface area contributed by atoms with Crippen LogP contribution in [0.4, 0.5) is 10.3 Å². The van der Waals surface area contributed by atoms with Gasteiger partial charge in [-0.25, -0.2) is 14.2 Å². The zero-order valence-corrected chi connectivity index (χ0v) is 15.4. The zero-order chi connectivity index (χ0) is 20.2. The predicted molar refractivity (Wildman–Crippen MR) is 105 cm³/mol. The molecule has 0 aliphatic heterocycles. The van der Waals surface area contributed by atoms with Gasteiger partial charge in [0.25, 0.3) is 5.56 Å². The molecule has 3 heterocycles. The minimum absolute atomic E-state index is 0.134. The minimum atomic E-state index is -0.658. The molecule has 0 aliphatic rings. The molecule has 0 radical (unpaired) electrons. The maximum absolute atomic E-state index is 13.9. The van der Waals surface area contributed by atoms with Crippen molar-refractivity contribution in [3.63, 3.8) is 0 Å². The summed E-state index contributed by atoms with van der Waals surface area (Å²) in [4.78, 5) is 36.0. The molecule has 4 aromatic rings. The molecule has 0 atom stereocenters. The molecule has 2 N–H and O–H groups in total. The molecule has 0 amide bonds. The first-order valence-corrected chi connectivity index (χ1v) is 9.06. The number of rotatable bonds is 7. The van der Waals surface area contributed by atoms with Crippen molar-refractivity contribution in [1.82, 2.24) is 29.3 Å². The normalized spacial score (nSPS) is 11.1. The molecule has 0 fully saturated rings. The summed E-state index contributed by atoms with van der Waals surface area (Å²) < 4.78 is 16.6. The predicted octanol–water partition coefficient (Wildman–Crippen LogP) is 1.37. The monoisotopic (exact) mass is 395 g/mol. The van der Waals surface area contributed by atoms with Gasteiger partial charge in [-0.15, -0.1) is 0 Å². The van der Waals surface area contributed by atoms with Gasteiger partial charge in [0.2, 0.25) is 5.95 Å². The molecular formula is C19H18FN7O2. The zero-order valence-electron chi connectivity index (χ0n) is 15.4. The molecule has 148 valence electrons. The van der Waals surface area contributed by atoms with Crippen LogP contribution in [0.2, 0.25) is 0 Å². The van der Waals surface area contributed by atoms with Crippen LogP contribution in [0.25, 0.3) is 11.0 Å². The van der Waals surface area contributed by atoms with Gasteiger partial charge < -0.3 is 5.32 Å². The van der Waals surface area contributed by atoms with Crippen molar-refractivity contribution >= 4 is 17.0 Å². The summed E-state index contributed by atoms with van der Waals surface area (Å²) in [6.07, 6.45) is 5.75. The van der Waals surface area contributed by atoms with Gasteiger partial charge in [-0.05, 0) is 18.6 Å². The number of aryl methyl sites for hydroxylation is 1. The minimum Gasteiger partial charge on any atom is -0.354 e. The molecule has 0 spiro atoms. The fraction of sp³-hybridized carbons (Fsp3) is 0.211. The summed E-state index contributed by atoms with van der Waals surface area (Å²) in [6.45, 7) is 1.16. The number of halogens is 1. The Morgan fingerprint density at radius 3 is 2.83 bits per heavy atom. The van der Waals surface area contributed by atoms with Crippen molar-refractivity contribution in [2.45, 2.75) is 19.5 Å². The second-order valence-electron chi connectivity index (χ2n) is 6.42. The number of benzene rings is 1. The average Bonchev–Trinajstić information content (AvgIpc) is 3.23. The van der Waals surface area contributed by atoms with Crippen molar-refractivity contribution < 1.29 is 4.39 Å². The molecule has 0 saturated carbocycles. The van der Waals surface area contributed by atoms with Gasteiger partial charge in [-0.2, -0.15) is 10.1 Å². The highest BCUT2D eigenvalue weighted by Crippen LogP contribution is 2.08. The van der Waals surface area contributed by atoms with Crippen LogP contribution in [0.15, 0.2) is 58.5 Å². The highest BCUT2D eigenvalue weighted by molar-refractivity contribution is 5.73. The fourth-order valence-electron chi connectivity index (χ4n) is 2.94. The summed E-state index contributed by atoms with van der Waals surface area (Å²) in [5, 5.41) is 7.33. The molecule has 0 bridgehead atoms. The third-order valence-electron chi connectivity index (χ3n) is 4.43. The van der Waals surface area contributed by atoms with Gasteiger partial charge in [0.1, 0.15) is 11.2 Å². The third-order valence-corrected chi connectivity index (χ3v) is 4.43. The number of hydrogen-bond acceptors (Lipinski definition) is 6. The largest absolute Gasteiger partial charge is 0.354 e. The van der Waals surface area contributed by atoms with Crippen LogP contribution in [0.5, 0.6) is 0 Å². The Kier molecular flexibility index (Phi) is 5.14. The van der Waals surface area contributed by atoms with Gasteiger partial charge in [-0.3, -0.25) is 19.0 Å². The standard InChI is InChI=1S/C19H18FN7O2/c20-15-6-2-1-5-13(15)12-27-17(28)14-11-22-18(24-16(14)25-19(27)29)21-7-3-9-26-10-4-8-23-26/h1-2,4-6,8,10-11H,3,7,9,12H2,(H2,21,22,24,25,29). The van der Waals surface area contributed by atoms with Gasteiger partial charge in [0.15, 0.2) is 5.65 Å². The van der Waals surface area contributed by atoms with E-state index in [9.17, 15) is 14.0 Å². The Morgan fingerprint density at radius 1 is 1.17 bits per heavy atom. The summed E-state index contributed by atoms with van der Waals surface area (Å²) in [6, 6.07) is 7.85. The lowest BCUT2D eigenvalue weighted by Crippen LogP contribution is -2.36. The van der Waals surface area contributed by atoms with E-state index in [1.807, 2.05) is 16.9 Å². The van der Waals surface area contributed by atoms with E-state index >= 15 is 0 Å². The molecule has 1 aromatic carbocycles. The topological polar surface area (TPSA) is 110 Å². The van der Waals surface area contributed by atoms with E-state index in [-0.39, 0.29) is 23.1 Å². The maximum atomic E-state index is 13.9. The Balaban J connectivity index is 1.53. The summed E-state index contributed by atoms with van der Waals surface area (Å²) in [7, 11) is 0. The molecule has 0 unspecified atom stereocenters. The van der Waals surface area contributed by atoms with E-state index < -0.39 is 17.1 Å². The number of anilines is 1. The summed E-state index contributed by atoms with van der Waals surface area (Å²) in [5.41, 5.74) is -0.850. The quantitative estimate of drug-likeness (QED) is 0.457. The fourth-order valence-corrected chi connectivity index (χ4v) is 2.94. The van der Waals surface area contributed by atoms with Gasteiger partial charge >= 0.3 is 5.69 Å². The van der Waals surface area contributed by atoms with Gasteiger partial charge in [0.05, 0.1) is 6.54 Å². The number of nitrogens with one attached hydrogen (secondary N) is 2. The smallest absolute Gasteiger partial charge is 0.330 e. The summed E-state index contributed by atoms with van der Waals surface area (Å²) >= 11 is 0. The van der Waals surface area contributed by atoms with Crippen LogP contribution < -0.4 is 16.6 Å². The highest BCUT2D eigenvalue weighted by atomic mass is 19.1. The van der Waals surface area contributed by atoms with Gasteiger partial charge in [0, 0.05) is 37.2 Å². The lowest BCUT2D eigenvalue weighted by atomic mass is 10.2. The molecular weight excluding hydrogens is 377 g/mol. The SMILES string of the molecule is O=c1[nH]c2nc(NCCCn3cccn3)ncc2c(=O)n1Cc1ccccc1F. The number of aromatic nitrogens is 6. The van der Waals surface area contributed by atoms with Crippen molar-refractivity contribution in [3.05, 3.63) is 81.1 Å². The van der Waals surface area contributed by atoms with E-state index in [1.165, 1.54) is 18.3 Å². The van der Waals surface area contributed by atoms with E-state index in [1.54, 1.807) is 18.3 Å². The molecule has 0 saturated heterocycles. The van der Waals surface area contributed by atoms with Crippen molar-refractivity contribution in [2.75, 3.05) is 11.9 Å². The van der Waals surface area contributed by atoms with Crippen LogP contribution in [0.3, 0.4) is 0 Å². The highest BCUT2D eigenvalue weighted by Gasteiger charge is 2.12. The first-order valence-electron chi connectivity index (χ1n) is 9.06. The number of hydrogen-bond donors (Lipinski definition) is 2. The first kappa shape index (κ1) is 18.5. The van der Waals surface area contributed by atoms with Gasteiger partial charge in [-0.1, -0.05) is 18.2 Å². The number of aromatic amines is 1. The van der Waals surface area contributed by atoms with Crippen LogP contribution in [0.1, 0.15) is 12.0 Å². The number of H-pyrrole nitrogens is 1. The molecule has 4 rings (SSSR count). The number of nitrogens with zero attached hydrogens (tertiary/aromatic N) is 5. The molecule has 29 heavy (non-hydrogen) atoms. The lowest BCUT2D eigenvalue weighted by Gasteiger charge is -2.08. The Labute approximate surface area is 163 Å². The number of fused-ring (bicyclic) bond motifs is 1. The lowest BCUT2D eigenvalue weighted by molar-refractivity contribution is 0.590. The molecule has 10 heteroatoms. The van der Waals surface area contributed by atoms with E-state index in [0.29, 0.717) is 12.5 Å². The maximum Gasteiger partial charge on any atom is 0.330 e. The average molecular weight is 395 g/mol. The molecule has 9 nitrogen and oxygen atoms in total. The summed E-state index contributed by atoms with van der Waals surface area (Å²) in [5.74, 6) is -0.176. The Hall–Kier alpha value is -3.82. The Morgan fingerprint density at radius 2 is 2.03 bits per heavy atom. The molecule has 0 aliphatic carbocycles. The second-order valence-corrected chi connectivity index (χ2v) is 6.42. The first-order chi connectivity index (χ1) is 14.1. The van der Waals surface area contributed by atoms with Crippen molar-refractivity contribution in [1.29, 1.82) is 0 Å². The van der Waals surface area contributed by atoms with E-state index in [2.05, 4.69) is 25.4 Å². The van der Waals surface area contributed by atoms with Crippen molar-refractivity contribution in [2.24, 2.45) is 0 Å². The van der Waals surface area contributed by atoms with E-state index in [0.717, 1.165) is 17.5 Å². The Bertz CT molecular complexity index is 1250. The molecule has 3 aromatic heterocycles.